The van der Waals surface area contributed by atoms with E-state index in [1.54, 1.807) is 27.7 Å². The average Bonchev–Trinajstić information content (AvgIpc) is 3.52. The molecule has 1 saturated heterocycles. The van der Waals surface area contributed by atoms with E-state index < -0.39 is 121 Å². The highest BCUT2D eigenvalue weighted by atomic mass is 16.5. The van der Waals surface area contributed by atoms with Gasteiger partial charge in [-0.15, -0.1) is 6.58 Å². The molecular weight excluding hydrogens is 648 g/mol. The van der Waals surface area contributed by atoms with Crippen LogP contribution in [0, 0.1) is 11.8 Å². The summed E-state index contributed by atoms with van der Waals surface area (Å²) in [5.74, 6) is -9.90. The topological polar surface area (TPSA) is 281 Å². The van der Waals surface area contributed by atoms with E-state index in [1.807, 2.05) is 0 Å². The van der Waals surface area contributed by atoms with Crippen molar-refractivity contribution in [2.24, 2.45) is 17.6 Å². The van der Waals surface area contributed by atoms with Crippen molar-refractivity contribution in [2.75, 3.05) is 13.7 Å². The number of ether oxygens (including phenoxy) is 1. The first-order valence-electron chi connectivity index (χ1n) is 15.8. The zero-order chi connectivity index (χ0) is 37.6. The van der Waals surface area contributed by atoms with Gasteiger partial charge < -0.3 is 46.9 Å². The number of carbonyl (C=O) groups is 9. The van der Waals surface area contributed by atoms with E-state index in [2.05, 4.69) is 32.6 Å². The van der Waals surface area contributed by atoms with Gasteiger partial charge in [-0.3, -0.25) is 38.4 Å². The fourth-order valence-electron chi connectivity index (χ4n) is 5.03. The molecular formula is C31H48N6O12. The molecule has 6 atom stereocenters. The zero-order valence-electron chi connectivity index (χ0n) is 28.4. The van der Waals surface area contributed by atoms with Crippen molar-refractivity contribution in [2.45, 2.75) is 102 Å². The molecule has 1 unspecified atom stereocenters. The van der Waals surface area contributed by atoms with Crippen molar-refractivity contribution in [3.63, 3.8) is 0 Å². The minimum absolute atomic E-state index is 0.0662. The molecule has 0 aliphatic carbocycles. The number of methoxy groups -OCH3 is 1. The molecule has 1 aliphatic heterocycles. The maximum absolute atomic E-state index is 13.8. The number of hydrogen-bond donors (Lipinski definition) is 7. The lowest BCUT2D eigenvalue weighted by Gasteiger charge is -2.32. The fraction of sp³-hybridized carbons (Fsp3) is 0.645. The van der Waals surface area contributed by atoms with Crippen LogP contribution in [0.15, 0.2) is 12.7 Å². The van der Waals surface area contributed by atoms with E-state index >= 15 is 0 Å². The Morgan fingerprint density at radius 2 is 1.45 bits per heavy atom. The Morgan fingerprint density at radius 1 is 0.857 bits per heavy atom. The van der Waals surface area contributed by atoms with Crippen molar-refractivity contribution in [1.82, 2.24) is 26.2 Å². The molecule has 1 aliphatic rings. The second kappa shape index (κ2) is 19.8. The summed E-state index contributed by atoms with van der Waals surface area (Å²) >= 11 is 0. The lowest BCUT2D eigenvalue weighted by atomic mass is 9.98. The molecule has 1 fully saturated rings. The Balaban J connectivity index is 3.17. The van der Waals surface area contributed by atoms with E-state index in [9.17, 15) is 43.2 Å². The molecule has 0 spiro atoms. The van der Waals surface area contributed by atoms with E-state index in [4.69, 9.17) is 15.9 Å². The molecule has 18 nitrogen and oxygen atoms in total. The Morgan fingerprint density at radius 3 is 1.96 bits per heavy atom. The fourth-order valence-corrected chi connectivity index (χ4v) is 5.03. The molecule has 0 aromatic heterocycles. The van der Waals surface area contributed by atoms with Gasteiger partial charge in [-0.1, -0.05) is 33.8 Å². The summed E-state index contributed by atoms with van der Waals surface area (Å²) in [6.45, 7) is 10.2. The van der Waals surface area contributed by atoms with Crippen molar-refractivity contribution >= 4 is 53.2 Å². The molecule has 0 aromatic rings. The van der Waals surface area contributed by atoms with E-state index in [-0.39, 0.29) is 19.4 Å². The summed E-state index contributed by atoms with van der Waals surface area (Å²) in [5.41, 5.74) is 5.58. The third-order valence-electron chi connectivity index (χ3n) is 7.75. The summed E-state index contributed by atoms with van der Waals surface area (Å²) in [7, 11) is 1.02. The smallest absolute Gasteiger partial charge is 0.376 e. The van der Waals surface area contributed by atoms with Gasteiger partial charge in [0.15, 0.2) is 0 Å². The molecule has 8 N–H and O–H groups in total. The van der Waals surface area contributed by atoms with Crippen LogP contribution >= 0.6 is 0 Å². The number of carboxylic acid groups (broad SMARTS) is 2. The van der Waals surface area contributed by atoms with Gasteiger partial charge in [0.05, 0.1) is 19.6 Å². The number of aliphatic carboxylic acids is 2. The lowest BCUT2D eigenvalue weighted by Crippen LogP contribution is -2.61. The van der Waals surface area contributed by atoms with E-state index in [1.165, 1.54) is 11.0 Å². The monoisotopic (exact) mass is 696 g/mol. The Bertz CT molecular complexity index is 1290. The highest BCUT2D eigenvalue weighted by Gasteiger charge is 2.41. The van der Waals surface area contributed by atoms with Crippen molar-refractivity contribution in [3.8, 4) is 0 Å². The average molecular weight is 697 g/mol. The number of nitrogens with two attached hydrogens (primary N) is 1. The zero-order valence-corrected chi connectivity index (χ0v) is 28.4. The van der Waals surface area contributed by atoms with Gasteiger partial charge in [-0.05, 0) is 37.5 Å². The Hall–Kier alpha value is -4.87. The van der Waals surface area contributed by atoms with Gasteiger partial charge in [0.2, 0.25) is 29.5 Å². The normalized spacial score (nSPS) is 17.1. The number of hydrogen-bond acceptors (Lipinski definition) is 11. The number of amides is 5. The van der Waals surface area contributed by atoms with Crippen molar-refractivity contribution in [1.29, 1.82) is 0 Å². The maximum Gasteiger partial charge on any atom is 0.376 e. The largest absolute Gasteiger partial charge is 0.481 e. The van der Waals surface area contributed by atoms with Crippen LogP contribution in [0.1, 0.15) is 66.2 Å². The molecule has 1 heterocycles. The minimum Gasteiger partial charge on any atom is -0.481 e. The van der Waals surface area contributed by atoms with Crippen LogP contribution in [0.3, 0.4) is 0 Å². The van der Waals surface area contributed by atoms with Crippen LogP contribution in [-0.2, 0) is 47.9 Å². The van der Waals surface area contributed by atoms with E-state index in [0.717, 1.165) is 7.11 Å². The molecule has 0 aromatic carbocycles. The molecule has 18 heteroatoms. The van der Waals surface area contributed by atoms with Crippen LogP contribution < -0.4 is 27.0 Å². The first-order valence-corrected chi connectivity index (χ1v) is 15.8. The number of rotatable bonds is 20. The predicted octanol–water partition coefficient (Wildman–Crippen LogP) is -1.79. The van der Waals surface area contributed by atoms with Gasteiger partial charge in [0.1, 0.15) is 30.2 Å². The highest BCUT2D eigenvalue weighted by molar-refractivity contribution is 6.36. The second-order valence-corrected chi connectivity index (χ2v) is 12.3. The number of carbonyl (C=O) groups excluding carboxylic acids is 7. The Labute approximate surface area is 283 Å². The standard InChI is InChI=1S/C31H48N6O12/c1-7-9-18(25(42)31(48)49-6)33-28(45)20-10-8-13-37(20)30(47)24(16(4)5)36-29(46)23(15(2)3)35-27(44)19(11-12-21(38)39)34-26(43)17(32)14-22(40)41/h7,15-20,23-24H,1,8-14,32H2,2-6H3,(H,33,45)(H,34,43)(H,35,44)(H,36,46)(H,38,39)(H,40,41)/t17-,18?,19-,20+,23-,24-/m0/s1. The number of esters is 1. The first kappa shape index (κ1) is 42.2. The lowest BCUT2D eigenvalue weighted by molar-refractivity contribution is -0.153. The SMILES string of the molecule is C=CCC(NC(=O)[C@H]1CCCN1C(=O)[C@@H](NC(=O)[C@@H](NC(=O)[C@H](CCC(=O)O)NC(=O)[C@@H](N)CC(=O)O)C(C)C)C(C)C)C(=O)C(=O)OC. The predicted molar refractivity (Wildman–Crippen MR) is 171 cm³/mol. The number of ketones is 1. The Kier molecular flexibility index (Phi) is 17.1. The van der Waals surface area contributed by atoms with Crippen molar-refractivity contribution < 1.29 is 58.1 Å². The minimum atomic E-state index is -1.53. The maximum atomic E-state index is 13.8. The van der Waals surface area contributed by atoms with Gasteiger partial charge in [-0.2, -0.15) is 0 Å². The van der Waals surface area contributed by atoms with Crippen LogP contribution in [0.25, 0.3) is 0 Å². The summed E-state index contributed by atoms with van der Waals surface area (Å²) in [6, 6.07) is -7.74. The molecule has 0 bridgehead atoms. The number of nitrogens with zero attached hydrogens (tertiary/aromatic N) is 1. The van der Waals surface area contributed by atoms with Gasteiger partial charge in [-0.25, -0.2) is 4.79 Å². The molecule has 5 amide bonds. The van der Waals surface area contributed by atoms with Crippen LogP contribution in [0.2, 0.25) is 0 Å². The van der Waals surface area contributed by atoms with Crippen LogP contribution in [0.4, 0.5) is 0 Å². The molecule has 274 valence electrons. The van der Waals surface area contributed by atoms with Gasteiger partial charge >= 0.3 is 17.9 Å². The third kappa shape index (κ3) is 12.9. The van der Waals surface area contributed by atoms with Gasteiger partial charge in [0, 0.05) is 13.0 Å². The van der Waals surface area contributed by atoms with Gasteiger partial charge in [0.25, 0.3) is 5.78 Å². The summed E-state index contributed by atoms with van der Waals surface area (Å²) in [6.07, 6.45) is 0.255. The summed E-state index contributed by atoms with van der Waals surface area (Å²) in [4.78, 5) is 114. The number of Topliss-reactive ketones (excluding diaryl/α,β-unsaturated/α-hetero) is 1. The second-order valence-electron chi connectivity index (χ2n) is 12.3. The summed E-state index contributed by atoms with van der Waals surface area (Å²) < 4.78 is 4.46. The number of carboxylic acids is 2. The molecule has 0 radical (unpaired) electrons. The van der Waals surface area contributed by atoms with Crippen LogP contribution in [0.5, 0.6) is 0 Å². The third-order valence-corrected chi connectivity index (χ3v) is 7.75. The quantitative estimate of drug-likeness (QED) is 0.0421. The van der Waals surface area contributed by atoms with E-state index in [0.29, 0.717) is 6.42 Å². The highest BCUT2D eigenvalue weighted by Crippen LogP contribution is 2.21. The number of nitrogens with one attached hydrogen (secondary N) is 4. The molecule has 1 rings (SSSR count). The van der Waals surface area contributed by atoms with Crippen molar-refractivity contribution in [3.05, 3.63) is 12.7 Å². The first-order chi connectivity index (χ1) is 22.9. The summed E-state index contributed by atoms with van der Waals surface area (Å²) in [5, 5.41) is 27.9. The molecule has 0 saturated carbocycles. The number of likely N-dealkylation sites (tertiary alicyclic amines) is 1. The van der Waals surface area contributed by atoms with Crippen LogP contribution in [-0.4, -0.2) is 118 Å². The molecule has 49 heavy (non-hydrogen) atoms.